The molecule has 0 atom stereocenters. The molecule has 1 rings (SSSR count). The van der Waals surface area contributed by atoms with Crippen LogP contribution in [0.1, 0.15) is 45.7 Å². The van der Waals surface area contributed by atoms with Crippen molar-refractivity contribution < 1.29 is 4.74 Å². The fourth-order valence-electron chi connectivity index (χ4n) is 1.94. The van der Waals surface area contributed by atoms with Crippen LogP contribution in [0.15, 0.2) is 18.2 Å². The van der Waals surface area contributed by atoms with E-state index >= 15 is 0 Å². The minimum atomic E-state index is 0.111. The van der Waals surface area contributed by atoms with Crippen LogP contribution in [0.25, 0.3) is 0 Å². The number of hydrogen-bond donors (Lipinski definition) is 1. The van der Waals surface area contributed by atoms with Gasteiger partial charge in [-0.05, 0) is 56.5 Å². The first-order valence-corrected chi connectivity index (χ1v) is 6.79. The molecule has 0 saturated carbocycles. The Bertz CT molecular complexity index is 377. The summed E-state index contributed by atoms with van der Waals surface area (Å²) in [5.41, 5.74) is 2.77. The standard InChI is InChI=1S/C16H27NO/c1-12(2)18-15-8-7-13(9-10-17-6)11-14(15)16(3,4)5/h7-8,11-12,17H,9-10H2,1-6H3. The lowest BCUT2D eigenvalue weighted by Crippen LogP contribution is -2.17. The molecule has 2 nitrogen and oxygen atoms in total. The van der Waals surface area contributed by atoms with Crippen LogP contribution in [0.4, 0.5) is 0 Å². The number of likely N-dealkylation sites (N-methyl/N-ethyl adjacent to an activating group) is 1. The maximum absolute atomic E-state index is 5.92. The van der Waals surface area contributed by atoms with E-state index in [1.807, 2.05) is 7.05 Å². The van der Waals surface area contributed by atoms with Crippen molar-refractivity contribution in [3.63, 3.8) is 0 Å². The Balaban J connectivity index is 3.05. The van der Waals surface area contributed by atoms with Crippen LogP contribution < -0.4 is 10.1 Å². The van der Waals surface area contributed by atoms with Gasteiger partial charge in [0.05, 0.1) is 6.10 Å². The van der Waals surface area contributed by atoms with Crippen molar-refractivity contribution in [1.82, 2.24) is 5.32 Å². The lowest BCUT2D eigenvalue weighted by Gasteiger charge is -2.25. The average molecular weight is 249 g/mol. The van der Waals surface area contributed by atoms with E-state index in [0.29, 0.717) is 0 Å². The molecule has 0 radical (unpaired) electrons. The second-order valence-corrected chi connectivity index (χ2v) is 6.10. The fraction of sp³-hybridized carbons (Fsp3) is 0.625. The molecule has 0 aromatic heterocycles. The lowest BCUT2D eigenvalue weighted by molar-refractivity contribution is 0.236. The van der Waals surface area contributed by atoms with Crippen molar-refractivity contribution in [1.29, 1.82) is 0 Å². The summed E-state index contributed by atoms with van der Waals surface area (Å²) in [5.74, 6) is 1.02. The van der Waals surface area contributed by atoms with E-state index in [9.17, 15) is 0 Å². The van der Waals surface area contributed by atoms with Gasteiger partial charge in [-0.1, -0.05) is 32.9 Å². The molecular formula is C16H27NO. The van der Waals surface area contributed by atoms with Crippen molar-refractivity contribution in [3.8, 4) is 5.75 Å². The summed E-state index contributed by atoms with van der Waals surface area (Å²) >= 11 is 0. The van der Waals surface area contributed by atoms with Gasteiger partial charge < -0.3 is 10.1 Å². The Kier molecular flexibility index (Phi) is 5.21. The zero-order valence-electron chi connectivity index (χ0n) is 12.6. The molecule has 1 aromatic rings. The molecular weight excluding hydrogens is 222 g/mol. The third-order valence-electron chi connectivity index (χ3n) is 2.88. The molecule has 0 saturated heterocycles. The van der Waals surface area contributed by atoms with Crippen molar-refractivity contribution in [3.05, 3.63) is 29.3 Å². The zero-order valence-corrected chi connectivity index (χ0v) is 12.6. The number of hydrogen-bond acceptors (Lipinski definition) is 2. The van der Waals surface area contributed by atoms with Gasteiger partial charge >= 0.3 is 0 Å². The Morgan fingerprint density at radius 3 is 2.39 bits per heavy atom. The van der Waals surface area contributed by atoms with Crippen molar-refractivity contribution in [2.45, 2.75) is 52.6 Å². The van der Waals surface area contributed by atoms with Crippen LogP contribution >= 0.6 is 0 Å². The number of rotatable bonds is 5. The van der Waals surface area contributed by atoms with Gasteiger partial charge in [-0.3, -0.25) is 0 Å². The SMILES string of the molecule is CNCCc1ccc(OC(C)C)c(C(C)(C)C)c1. The lowest BCUT2D eigenvalue weighted by atomic mass is 9.85. The van der Waals surface area contributed by atoms with Crippen LogP contribution in [0.2, 0.25) is 0 Å². The summed E-state index contributed by atoms with van der Waals surface area (Å²) in [6.45, 7) is 11.8. The van der Waals surface area contributed by atoms with Crippen LogP contribution in [0, 0.1) is 0 Å². The Hall–Kier alpha value is -1.02. The average Bonchev–Trinajstić information content (AvgIpc) is 2.25. The predicted molar refractivity (Wildman–Crippen MR) is 78.5 cm³/mol. The molecule has 0 heterocycles. The highest BCUT2D eigenvalue weighted by molar-refractivity contribution is 5.41. The van der Waals surface area contributed by atoms with E-state index in [0.717, 1.165) is 18.7 Å². The molecule has 2 heteroatoms. The topological polar surface area (TPSA) is 21.3 Å². The number of ether oxygens (including phenoxy) is 1. The maximum Gasteiger partial charge on any atom is 0.123 e. The van der Waals surface area contributed by atoms with Gasteiger partial charge in [0.15, 0.2) is 0 Å². The minimum absolute atomic E-state index is 0.111. The van der Waals surface area contributed by atoms with E-state index in [2.05, 4.69) is 58.1 Å². The molecule has 0 aliphatic heterocycles. The second-order valence-electron chi connectivity index (χ2n) is 6.10. The third kappa shape index (κ3) is 4.34. The highest BCUT2D eigenvalue weighted by Gasteiger charge is 2.20. The van der Waals surface area contributed by atoms with E-state index in [-0.39, 0.29) is 11.5 Å². The Morgan fingerprint density at radius 1 is 1.22 bits per heavy atom. The summed E-state index contributed by atoms with van der Waals surface area (Å²) in [6, 6.07) is 6.57. The predicted octanol–water partition coefficient (Wildman–Crippen LogP) is 3.53. The molecule has 0 bridgehead atoms. The number of benzene rings is 1. The molecule has 0 aliphatic rings. The molecule has 0 unspecified atom stereocenters. The molecule has 0 aliphatic carbocycles. The van der Waals surface area contributed by atoms with E-state index in [1.165, 1.54) is 11.1 Å². The molecule has 1 N–H and O–H groups in total. The van der Waals surface area contributed by atoms with Crippen LogP contribution in [-0.2, 0) is 11.8 Å². The largest absolute Gasteiger partial charge is 0.491 e. The van der Waals surface area contributed by atoms with Gasteiger partial charge in [-0.15, -0.1) is 0 Å². The quantitative estimate of drug-likeness (QED) is 0.862. The molecule has 0 amide bonds. The summed E-state index contributed by atoms with van der Waals surface area (Å²) in [7, 11) is 1.99. The van der Waals surface area contributed by atoms with Crippen LogP contribution in [0.3, 0.4) is 0 Å². The van der Waals surface area contributed by atoms with E-state index < -0.39 is 0 Å². The van der Waals surface area contributed by atoms with Crippen molar-refractivity contribution in [2.24, 2.45) is 0 Å². The van der Waals surface area contributed by atoms with E-state index in [1.54, 1.807) is 0 Å². The monoisotopic (exact) mass is 249 g/mol. The highest BCUT2D eigenvalue weighted by Crippen LogP contribution is 2.32. The van der Waals surface area contributed by atoms with Gasteiger partial charge in [-0.25, -0.2) is 0 Å². The molecule has 0 fully saturated rings. The smallest absolute Gasteiger partial charge is 0.123 e. The van der Waals surface area contributed by atoms with Crippen LogP contribution in [0.5, 0.6) is 5.75 Å². The van der Waals surface area contributed by atoms with Gasteiger partial charge in [0.2, 0.25) is 0 Å². The summed E-state index contributed by atoms with van der Waals surface area (Å²) in [4.78, 5) is 0. The van der Waals surface area contributed by atoms with Gasteiger partial charge in [0, 0.05) is 0 Å². The van der Waals surface area contributed by atoms with Crippen LogP contribution in [-0.4, -0.2) is 19.7 Å². The Morgan fingerprint density at radius 2 is 1.89 bits per heavy atom. The molecule has 1 aromatic carbocycles. The minimum Gasteiger partial charge on any atom is -0.491 e. The maximum atomic E-state index is 5.92. The molecule has 102 valence electrons. The van der Waals surface area contributed by atoms with Gasteiger partial charge in [0.1, 0.15) is 5.75 Å². The first-order valence-electron chi connectivity index (χ1n) is 6.79. The summed E-state index contributed by atoms with van der Waals surface area (Å²) < 4.78 is 5.92. The Labute approximate surface area is 112 Å². The summed E-state index contributed by atoms with van der Waals surface area (Å²) in [6.07, 6.45) is 1.27. The normalized spacial score (nSPS) is 11.9. The zero-order chi connectivity index (χ0) is 13.8. The summed E-state index contributed by atoms with van der Waals surface area (Å²) in [5, 5.41) is 3.19. The highest BCUT2D eigenvalue weighted by atomic mass is 16.5. The van der Waals surface area contributed by atoms with Crippen molar-refractivity contribution >= 4 is 0 Å². The van der Waals surface area contributed by atoms with Gasteiger partial charge in [-0.2, -0.15) is 0 Å². The molecule has 18 heavy (non-hydrogen) atoms. The first kappa shape index (κ1) is 15.0. The van der Waals surface area contributed by atoms with Gasteiger partial charge in [0.25, 0.3) is 0 Å². The molecule has 0 spiro atoms. The van der Waals surface area contributed by atoms with Crippen molar-refractivity contribution in [2.75, 3.05) is 13.6 Å². The first-order chi connectivity index (χ1) is 8.34. The second kappa shape index (κ2) is 6.24. The fourth-order valence-corrected chi connectivity index (χ4v) is 1.94. The van der Waals surface area contributed by atoms with E-state index in [4.69, 9.17) is 4.74 Å². The third-order valence-corrected chi connectivity index (χ3v) is 2.88. The number of nitrogens with one attached hydrogen (secondary N) is 1.